The smallest absolute Gasteiger partial charge is 0.131 e. The van der Waals surface area contributed by atoms with E-state index in [1.165, 1.54) is 25.3 Å². The van der Waals surface area contributed by atoms with Gasteiger partial charge in [0.1, 0.15) is 5.82 Å². The van der Waals surface area contributed by atoms with E-state index in [0.717, 1.165) is 18.5 Å². The lowest BCUT2D eigenvalue weighted by Crippen LogP contribution is -2.34. The zero-order valence-corrected chi connectivity index (χ0v) is 11.2. The number of aliphatic hydroxyl groups is 1. The molecule has 0 amide bonds. The minimum Gasteiger partial charge on any atom is -0.389 e. The molecule has 0 aromatic heterocycles. The van der Waals surface area contributed by atoms with E-state index < -0.39 is 6.10 Å². The van der Waals surface area contributed by atoms with Crippen LogP contribution in [-0.2, 0) is 0 Å². The molecule has 1 atom stereocenters. The first-order valence-corrected chi connectivity index (χ1v) is 6.80. The van der Waals surface area contributed by atoms with Crippen LogP contribution in [0.25, 0.3) is 0 Å². The molecule has 18 heavy (non-hydrogen) atoms. The summed E-state index contributed by atoms with van der Waals surface area (Å²) in [4.78, 5) is 2.14. The van der Waals surface area contributed by atoms with Gasteiger partial charge in [-0.3, -0.25) is 0 Å². The van der Waals surface area contributed by atoms with Gasteiger partial charge in [0.2, 0.25) is 0 Å². The van der Waals surface area contributed by atoms with Crippen LogP contribution < -0.4 is 4.90 Å². The van der Waals surface area contributed by atoms with Crippen molar-refractivity contribution in [1.29, 1.82) is 0 Å². The summed E-state index contributed by atoms with van der Waals surface area (Å²) in [6.07, 6.45) is 5.34. The lowest BCUT2D eigenvalue weighted by Gasteiger charge is -2.34. The molecule has 0 spiro atoms. The van der Waals surface area contributed by atoms with E-state index in [2.05, 4.69) is 4.90 Å². The molecule has 3 heteroatoms. The Morgan fingerprint density at radius 1 is 1.28 bits per heavy atom. The van der Waals surface area contributed by atoms with E-state index in [0.29, 0.717) is 11.6 Å². The standard InChI is InChI=1S/C15H22FNO/c1-11(18)15-13(16)9-6-10-14(15)17(2)12-7-4-3-5-8-12/h6,9-12,18H,3-5,7-8H2,1-2H3/t11-/m0/s1. The summed E-state index contributed by atoms with van der Waals surface area (Å²) < 4.78 is 13.8. The third-order valence-corrected chi connectivity index (χ3v) is 3.95. The Labute approximate surface area is 108 Å². The Hall–Kier alpha value is -1.09. The second-order valence-corrected chi connectivity index (χ2v) is 5.25. The molecule has 0 radical (unpaired) electrons. The minimum absolute atomic E-state index is 0.315. The summed E-state index contributed by atoms with van der Waals surface area (Å²) in [7, 11) is 2.01. The van der Waals surface area contributed by atoms with Crippen molar-refractivity contribution >= 4 is 5.69 Å². The molecule has 0 heterocycles. The molecular formula is C15H22FNO. The van der Waals surface area contributed by atoms with Gasteiger partial charge in [0.15, 0.2) is 0 Å². The van der Waals surface area contributed by atoms with Crippen molar-refractivity contribution in [2.45, 2.75) is 51.2 Å². The Kier molecular flexibility index (Phi) is 4.23. The SMILES string of the molecule is C[C@H](O)c1c(F)cccc1N(C)C1CCCCC1. The van der Waals surface area contributed by atoms with Crippen molar-refractivity contribution in [3.63, 3.8) is 0 Å². The van der Waals surface area contributed by atoms with Gasteiger partial charge in [-0.15, -0.1) is 0 Å². The summed E-state index contributed by atoms with van der Waals surface area (Å²) in [6.45, 7) is 1.62. The van der Waals surface area contributed by atoms with Gasteiger partial charge in [0, 0.05) is 24.3 Å². The summed E-state index contributed by atoms with van der Waals surface area (Å²) in [6, 6.07) is 5.51. The van der Waals surface area contributed by atoms with E-state index in [4.69, 9.17) is 0 Å². The van der Waals surface area contributed by atoms with Gasteiger partial charge in [0.25, 0.3) is 0 Å². The van der Waals surface area contributed by atoms with Crippen LogP contribution in [0.2, 0.25) is 0 Å². The van der Waals surface area contributed by atoms with E-state index in [9.17, 15) is 9.50 Å². The first-order valence-electron chi connectivity index (χ1n) is 6.80. The number of halogens is 1. The molecule has 1 aromatic rings. The van der Waals surface area contributed by atoms with Crippen molar-refractivity contribution in [3.05, 3.63) is 29.6 Å². The lowest BCUT2D eigenvalue weighted by molar-refractivity contribution is 0.194. The number of nitrogens with zero attached hydrogens (tertiary/aromatic N) is 1. The topological polar surface area (TPSA) is 23.5 Å². The minimum atomic E-state index is -0.771. The molecule has 1 aliphatic carbocycles. The molecule has 1 saturated carbocycles. The Morgan fingerprint density at radius 3 is 2.56 bits per heavy atom. The number of benzene rings is 1. The van der Waals surface area contributed by atoms with E-state index >= 15 is 0 Å². The molecule has 0 bridgehead atoms. The molecule has 0 aliphatic heterocycles. The van der Waals surface area contributed by atoms with E-state index in [-0.39, 0.29) is 5.82 Å². The highest BCUT2D eigenvalue weighted by atomic mass is 19.1. The predicted octanol–water partition coefficient (Wildman–Crippen LogP) is 3.65. The molecule has 2 rings (SSSR count). The number of aliphatic hydroxyl groups excluding tert-OH is 1. The van der Waals surface area contributed by atoms with E-state index in [1.807, 2.05) is 13.1 Å². The number of hydrogen-bond acceptors (Lipinski definition) is 2. The average molecular weight is 251 g/mol. The molecule has 100 valence electrons. The van der Waals surface area contributed by atoms with Crippen molar-refractivity contribution in [2.75, 3.05) is 11.9 Å². The highest BCUT2D eigenvalue weighted by Crippen LogP contribution is 2.32. The van der Waals surface area contributed by atoms with Crippen molar-refractivity contribution in [1.82, 2.24) is 0 Å². The van der Waals surface area contributed by atoms with Crippen LogP contribution in [0.15, 0.2) is 18.2 Å². The summed E-state index contributed by atoms with van der Waals surface area (Å²) in [5, 5.41) is 9.77. The highest BCUT2D eigenvalue weighted by Gasteiger charge is 2.22. The first-order chi connectivity index (χ1) is 8.61. The highest BCUT2D eigenvalue weighted by molar-refractivity contribution is 5.55. The fourth-order valence-electron chi connectivity index (χ4n) is 2.91. The van der Waals surface area contributed by atoms with Crippen LogP contribution in [0.4, 0.5) is 10.1 Å². The Bertz CT molecular complexity index is 399. The molecule has 1 fully saturated rings. The van der Waals surface area contributed by atoms with Crippen LogP contribution in [0, 0.1) is 5.82 Å². The third kappa shape index (κ3) is 2.66. The van der Waals surface area contributed by atoms with Gasteiger partial charge in [-0.2, -0.15) is 0 Å². The second-order valence-electron chi connectivity index (χ2n) is 5.25. The number of rotatable bonds is 3. The van der Waals surface area contributed by atoms with Gasteiger partial charge in [-0.05, 0) is 31.9 Å². The second kappa shape index (κ2) is 5.70. The van der Waals surface area contributed by atoms with Gasteiger partial charge in [-0.1, -0.05) is 25.3 Å². The summed E-state index contributed by atoms with van der Waals surface area (Å²) >= 11 is 0. The van der Waals surface area contributed by atoms with Crippen LogP contribution >= 0.6 is 0 Å². The number of hydrogen-bond donors (Lipinski definition) is 1. The molecular weight excluding hydrogens is 229 g/mol. The Morgan fingerprint density at radius 2 is 1.94 bits per heavy atom. The molecule has 0 unspecified atom stereocenters. The van der Waals surface area contributed by atoms with Crippen LogP contribution in [0.1, 0.15) is 50.7 Å². The van der Waals surface area contributed by atoms with Crippen molar-refractivity contribution < 1.29 is 9.50 Å². The maximum atomic E-state index is 13.8. The molecule has 0 saturated heterocycles. The number of anilines is 1. The fraction of sp³-hybridized carbons (Fsp3) is 0.600. The zero-order chi connectivity index (χ0) is 13.1. The predicted molar refractivity (Wildman–Crippen MR) is 72.3 cm³/mol. The van der Waals surface area contributed by atoms with Gasteiger partial charge < -0.3 is 10.0 Å². The normalized spacial score (nSPS) is 18.7. The van der Waals surface area contributed by atoms with Crippen LogP contribution in [-0.4, -0.2) is 18.2 Å². The lowest BCUT2D eigenvalue weighted by atomic mass is 9.93. The van der Waals surface area contributed by atoms with Gasteiger partial charge >= 0.3 is 0 Å². The van der Waals surface area contributed by atoms with Crippen LogP contribution in [0.3, 0.4) is 0 Å². The quantitative estimate of drug-likeness (QED) is 0.886. The first kappa shape index (κ1) is 13.3. The van der Waals surface area contributed by atoms with Crippen LogP contribution in [0.5, 0.6) is 0 Å². The maximum Gasteiger partial charge on any atom is 0.131 e. The zero-order valence-electron chi connectivity index (χ0n) is 11.2. The molecule has 1 aliphatic rings. The van der Waals surface area contributed by atoms with Crippen molar-refractivity contribution in [3.8, 4) is 0 Å². The van der Waals surface area contributed by atoms with Crippen molar-refractivity contribution in [2.24, 2.45) is 0 Å². The van der Waals surface area contributed by atoms with Gasteiger partial charge in [-0.25, -0.2) is 4.39 Å². The Balaban J connectivity index is 2.28. The molecule has 1 N–H and O–H groups in total. The largest absolute Gasteiger partial charge is 0.389 e. The van der Waals surface area contributed by atoms with Gasteiger partial charge in [0.05, 0.1) is 6.10 Å². The average Bonchev–Trinajstić information content (AvgIpc) is 2.38. The monoisotopic (exact) mass is 251 g/mol. The summed E-state index contributed by atoms with van der Waals surface area (Å²) in [5.74, 6) is -0.315. The van der Waals surface area contributed by atoms with E-state index in [1.54, 1.807) is 13.0 Å². The molecule has 1 aromatic carbocycles. The maximum absolute atomic E-state index is 13.8. The third-order valence-electron chi connectivity index (χ3n) is 3.95. The summed E-state index contributed by atoms with van der Waals surface area (Å²) in [5.41, 5.74) is 1.25. The molecule has 2 nitrogen and oxygen atoms in total. The fourth-order valence-corrected chi connectivity index (χ4v) is 2.91.